The summed E-state index contributed by atoms with van der Waals surface area (Å²) in [5.41, 5.74) is -1.48. The molecule has 0 amide bonds. The molecule has 1 heterocycles. The second-order valence-electron chi connectivity index (χ2n) is 2.33. The van der Waals surface area contributed by atoms with Crippen molar-refractivity contribution in [1.82, 2.24) is 4.98 Å². The number of hydrogen-bond acceptors (Lipinski definition) is 3. The van der Waals surface area contributed by atoms with E-state index < -0.39 is 26.9 Å². The summed E-state index contributed by atoms with van der Waals surface area (Å²) in [5.74, 6) is 0. The summed E-state index contributed by atoms with van der Waals surface area (Å²) in [6.07, 6.45) is -4.02. The van der Waals surface area contributed by atoms with Crippen molar-refractivity contribution in [1.29, 1.82) is 0 Å². The quantitative estimate of drug-likeness (QED) is 0.589. The molecule has 0 unspecified atom stereocenters. The van der Waals surface area contributed by atoms with Gasteiger partial charge in [-0.15, -0.1) is 0 Å². The fourth-order valence-electron chi connectivity index (χ4n) is 0.812. The van der Waals surface area contributed by atoms with Gasteiger partial charge in [-0.1, -0.05) is 0 Å². The van der Waals surface area contributed by atoms with Crippen molar-refractivity contribution in [2.45, 2.75) is 11.2 Å². The van der Waals surface area contributed by atoms with Crippen molar-refractivity contribution in [3.05, 3.63) is 23.9 Å². The fraction of sp³-hybridized carbons (Fsp3) is 0.167. The molecule has 0 bridgehead atoms. The number of rotatable bonds is 1. The third-order valence-corrected chi connectivity index (χ3v) is 2.13. The predicted molar refractivity (Wildman–Crippen MR) is 46.2 cm³/mol. The molecule has 1 aromatic rings. The molecule has 0 saturated carbocycles. The summed E-state index contributed by atoms with van der Waals surface area (Å²) in [7, 11) is -4.95. The van der Waals surface area contributed by atoms with E-state index in [0.717, 1.165) is 12.3 Å². The summed E-state index contributed by atoms with van der Waals surface area (Å²) in [6, 6.07) is 1.45. The maximum absolute atomic E-state index is 12.2. The van der Waals surface area contributed by atoms with Crippen molar-refractivity contribution in [3.8, 4) is 0 Å². The van der Waals surface area contributed by atoms with E-state index in [1.165, 1.54) is 0 Å². The van der Waals surface area contributed by atoms with Gasteiger partial charge in [0.15, 0.2) is 5.03 Å². The summed E-state index contributed by atoms with van der Waals surface area (Å²) in [4.78, 5) is 2.96. The van der Waals surface area contributed by atoms with Crippen LogP contribution >= 0.6 is 0 Å². The zero-order valence-corrected chi connectivity index (χ0v) is 7.30. The Balaban J connectivity index is 0.00000196. The van der Waals surface area contributed by atoms with Crippen LogP contribution in [0.25, 0.3) is 0 Å². The molecule has 1 rings (SSSR count). The molecule has 0 spiro atoms. The Bertz CT molecular complexity index is 445. The van der Waals surface area contributed by atoms with Gasteiger partial charge in [0.1, 0.15) is 0 Å². The SMILES string of the molecule is O=S(=O)(O)c1ncccc1C(F)(F)F.[NaH]. The van der Waals surface area contributed by atoms with Crippen molar-refractivity contribution < 1.29 is 26.1 Å². The van der Waals surface area contributed by atoms with Gasteiger partial charge in [0.25, 0.3) is 0 Å². The molecule has 15 heavy (non-hydrogen) atoms. The van der Waals surface area contributed by atoms with Crippen molar-refractivity contribution in [2.24, 2.45) is 0 Å². The van der Waals surface area contributed by atoms with Gasteiger partial charge >= 0.3 is 45.9 Å². The Morgan fingerprint density at radius 1 is 1.33 bits per heavy atom. The molecule has 1 aromatic heterocycles. The van der Waals surface area contributed by atoms with E-state index >= 15 is 0 Å². The van der Waals surface area contributed by atoms with Crippen LogP contribution in [0.4, 0.5) is 13.2 Å². The fourth-order valence-corrected chi connectivity index (χ4v) is 1.47. The summed E-state index contributed by atoms with van der Waals surface area (Å²) in [6.45, 7) is 0. The predicted octanol–water partition coefficient (Wildman–Crippen LogP) is 0.699. The molecule has 0 aromatic carbocycles. The molecule has 0 fully saturated rings. The Labute approximate surface area is 106 Å². The number of aromatic nitrogens is 1. The van der Waals surface area contributed by atoms with Crippen LogP contribution in [0, 0.1) is 0 Å². The van der Waals surface area contributed by atoms with Gasteiger partial charge < -0.3 is 0 Å². The summed E-state index contributed by atoms with van der Waals surface area (Å²) in [5, 5.41) is -1.38. The van der Waals surface area contributed by atoms with Gasteiger partial charge in [-0.25, -0.2) is 4.98 Å². The van der Waals surface area contributed by atoms with Crippen LogP contribution in [0.1, 0.15) is 5.56 Å². The summed E-state index contributed by atoms with van der Waals surface area (Å²) < 4.78 is 65.9. The first-order valence-electron chi connectivity index (χ1n) is 3.22. The van der Waals surface area contributed by atoms with Crippen LogP contribution in [-0.2, 0) is 16.3 Å². The van der Waals surface area contributed by atoms with Crippen LogP contribution in [0.5, 0.6) is 0 Å². The average molecular weight is 251 g/mol. The average Bonchev–Trinajstić information content (AvgIpc) is 2.01. The second-order valence-corrected chi connectivity index (χ2v) is 3.67. The second kappa shape index (κ2) is 4.79. The molecule has 0 atom stereocenters. The van der Waals surface area contributed by atoms with Crippen LogP contribution in [0.3, 0.4) is 0 Å². The van der Waals surface area contributed by atoms with E-state index in [-0.39, 0.29) is 29.6 Å². The number of pyridine rings is 1. The first-order chi connectivity index (χ1) is 6.23. The number of nitrogens with zero attached hydrogens (tertiary/aromatic N) is 1. The molecule has 4 nitrogen and oxygen atoms in total. The van der Waals surface area contributed by atoms with Crippen molar-refractivity contribution in [2.75, 3.05) is 0 Å². The van der Waals surface area contributed by atoms with E-state index in [4.69, 9.17) is 4.55 Å². The van der Waals surface area contributed by atoms with E-state index in [0.29, 0.717) is 6.07 Å². The Morgan fingerprint density at radius 3 is 2.20 bits per heavy atom. The topological polar surface area (TPSA) is 67.3 Å². The van der Waals surface area contributed by atoms with Gasteiger partial charge in [-0.3, -0.25) is 4.55 Å². The zero-order chi connectivity index (χ0) is 11.0. The molecule has 0 aliphatic carbocycles. The first kappa shape index (κ1) is 14.8. The molecule has 0 radical (unpaired) electrons. The van der Waals surface area contributed by atoms with Crippen molar-refractivity contribution in [3.63, 3.8) is 0 Å². The standard InChI is InChI=1S/C6H4F3NO3S.Na.H/c7-6(8,9)4-2-1-3-10-5(4)14(11,12)13;;/h1-3H,(H,11,12,13);;. The van der Waals surface area contributed by atoms with Crippen LogP contribution in [-0.4, -0.2) is 47.5 Å². The third-order valence-electron chi connectivity index (χ3n) is 1.32. The van der Waals surface area contributed by atoms with Gasteiger partial charge in [-0.2, -0.15) is 21.6 Å². The molecule has 9 heteroatoms. The van der Waals surface area contributed by atoms with E-state index in [9.17, 15) is 21.6 Å². The normalized spacial score (nSPS) is 12.0. The van der Waals surface area contributed by atoms with Gasteiger partial charge in [0.2, 0.25) is 0 Å². The monoisotopic (exact) mass is 251 g/mol. The molecule has 0 saturated heterocycles. The minimum atomic E-state index is -4.95. The molecular formula is C6H5F3NNaO3S. The Hall–Kier alpha value is -0.150. The molecule has 0 aliphatic rings. The molecule has 1 N–H and O–H groups in total. The first-order valence-corrected chi connectivity index (χ1v) is 4.66. The molecule has 0 aliphatic heterocycles. The third kappa shape index (κ3) is 3.72. The zero-order valence-electron chi connectivity index (χ0n) is 6.49. The van der Waals surface area contributed by atoms with Crippen LogP contribution in [0.15, 0.2) is 23.4 Å². The number of alkyl halides is 3. The number of halogens is 3. The Morgan fingerprint density at radius 2 is 1.87 bits per heavy atom. The molecule has 80 valence electrons. The van der Waals surface area contributed by atoms with Gasteiger partial charge in [0.05, 0.1) is 5.56 Å². The van der Waals surface area contributed by atoms with E-state index in [1.807, 2.05) is 0 Å². The minimum absolute atomic E-state index is 0. The van der Waals surface area contributed by atoms with E-state index in [2.05, 4.69) is 4.98 Å². The van der Waals surface area contributed by atoms with E-state index in [1.54, 1.807) is 0 Å². The summed E-state index contributed by atoms with van der Waals surface area (Å²) >= 11 is 0. The Kier molecular flexibility index (Phi) is 4.74. The molecular weight excluding hydrogens is 246 g/mol. The van der Waals surface area contributed by atoms with Crippen LogP contribution < -0.4 is 0 Å². The number of hydrogen-bond donors (Lipinski definition) is 1. The van der Waals surface area contributed by atoms with Crippen LogP contribution in [0.2, 0.25) is 0 Å². The maximum atomic E-state index is 12.2. The van der Waals surface area contributed by atoms with Gasteiger partial charge in [0, 0.05) is 6.20 Å². The van der Waals surface area contributed by atoms with Gasteiger partial charge in [-0.05, 0) is 12.1 Å². The van der Waals surface area contributed by atoms with Crippen molar-refractivity contribution >= 4 is 39.7 Å².